The van der Waals surface area contributed by atoms with Crippen molar-refractivity contribution in [2.24, 2.45) is 0 Å². The van der Waals surface area contributed by atoms with E-state index in [-0.39, 0.29) is 11.9 Å². The van der Waals surface area contributed by atoms with Crippen molar-refractivity contribution in [1.29, 1.82) is 0 Å². The van der Waals surface area contributed by atoms with E-state index < -0.39 is 0 Å². The zero-order chi connectivity index (χ0) is 15.2. The molecule has 2 N–H and O–H groups in total. The van der Waals surface area contributed by atoms with E-state index in [0.29, 0.717) is 12.1 Å². The van der Waals surface area contributed by atoms with Gasteiger partial charge in [-0.1, -0.05) is 13.0 Å². The van der Waals surface area contributed by atoms with E-state index in [1.807, 2.05) is 57.2 Å². The van der Waals surface area contributed by atoms with Crippen LogP contribution >= 0.6 is 0 Å². The van der Waals surface area contributed by atoms with Crippen LogP contribution in [0.5, 0.6) is 0 Å². The lowest BCUT2D eigenvalue weighted by Crippen LogP contribution is -2.24. The second-order valence-corrected chi connectivity index (χ2v) is 5.15. The number of nitrogens with one attached hydrogen (secondary N) is 2. The first kappa shape index (κ1) is 15.2. The standard InChI is InChI=1S/C17H22N2O2/c1-4-10-18-17(20)14-6-5-7-15(11-14)19-13(3)16-9-8-12(2)21-16/h5-9,11,13,19H,4,10H2,1-3H3,(H,18,20). The third-order valence-electron chi connectivity index (χ3n) is 3.23. The number of aryl methyl sites for hydroxylation is 1. The Bertz CT molecular complexity index is 604. The fraction of sp³-hybridized carbons (Fsp3) is 0.353. The number of rotatable bonds is 6. The molecule has 0 saturated carbocycles. The van der Waals surface area contributed by atoms with Crippen molar-refractivity contribution in [3.05, 3.63) is 53.5 Å². The molecule has 21 heavy (non-hydrogen) atoms. The number of benzene rings is 1. The molecule has 0 saturated heterocycles. The fourth-order valence-corrected chi connectivity index (χ4v) is 2.10. The van der Waals surface area contributed by atoms with Gasteiger partial charge in [0.05, 0.1) is 6.04 Å². The molecule has 2 aromatic rings. The molecule has 0 spiro atoms. The molecular formula is C17H22N2O2. The third-order valence-corrected chi connectivity index (χ3v) is 3.23. The Labute approximate surface area is 125 Å². The summed E-state index contributed by atoms with van der Waals surface area (Å²) in [7, 11) is 0. The largest absolute Gasteiger partial charge is 0.464 e. The number of furan rings is 1. The van der Waals surface area contributed by atoms with Crippen molar-refractivity contribution >= 4 is 11.6 Å². The molecule has 0 aliphatic carbocycles. The summed E-state index contributed by atoms with van der Waals surface area (Å²) in [6.07, 6.45) is 0.929. The summed E-state index contributed by atoms with van der Waals surface area (Å²) in [6.45, 7) is 6.68. The predicted molar refractivity (Wildman–Crippen MR) is 84.5 cm³/mol. The van der Waals surface area contributed by atoms with Gasteiger partial charge in [0.15, 0.2) is 0 Å². The van der Waals surface area contributed by atoms with E-state index in [2.05, 4.69) is 10.6 Å². The number of carbonyl (C=O) groups is 1. The normalized spacial score (nSPS) is 12.0. The van der Waals surface area contributed by atoms with Crippen LogP contribution in [-0.2, 0) is 0 Å². The fourth-order valence-electron chi connectivity index (χ4n) is 2.10. The molecule has 0 bridgehead atoms. The SMILES string of the molecule is CCCNC(=O)c1cccc(NC(C)c2ccc(C)o2)c1. The molecule has 0 fully saturated rings. The molecule has 1 aromatic carbocycles. The molecule has 0 aliphatic rings. The van der Waals surface area contributed by atoms with Crippen LogP contribution in [-0.4, -0.2) is 12.5 Å². The highest BCUT2D eigenvalue weighted by atomic mass is 16.3. The Morgan fingerprint density at radius 1 is 1.29 bits per heavy atom. The van der Waals surface area contributed by atoms with Gasteiger partial charge < -0.3 is 15.1 Å². The monoisotopic (exact) mass is 286 g/mol. The van der Waals surface area contributed by atoms with E-state index in [9.17, 15) is 4.79 Å². The van der Waals surface area contributed by atoms with Crippen LogP contribution in [0.15, 0.2) is 40.8 Å². The van der Waals surface area contributed by atoms with Crippen LogP contribution in [0.4, 0.5) is 5.69 Å². The molecule has 1 heterocycles. The summed E-state index contributed by atoms with van der Waals surface area (Å²) in [5.41, 5.74) is 1.57. The molecule has 1 aromatic heterocycles. The first-order chi connectivity index (χ1) is 10.1. The molecule has 1 unspecified atom stereocenters. The smallest absolute Gasteiger partial charge is 0.251 e. The highest BCUT2D eigenvalue weighted by Gasteiger charge is 2.11. The van der Waals surface area contributed by atoms with E-state index in [1.165, 1.54) is 0 Å². The lowest BCUT2D eigenvalue weighted by atomic mass is 10.1. The number of hydrogen-bond acceptors (Lipinski definition) is 3. The van der Waals surface area contributed by atoms with E-state index in [4.69, 9.17) is 4.42 Å². The molecule has 0 radical (unpaired) electrons. The van der Waals surface area contributed by atoms with Crippen LogP contribution in [0.2, 0.25) is 0 Å². The molecule has 4 heteroatoms. The molecule has 112 valence electrons. The van der Waals surface area contributed by atoms with Crippen LogP contribution in [0.1, 0.15) is 48.2 Å². The maximum Gasteiger partial charge on any atom is 0.251 e. The zero-order valence-electron chi connectivity index (χ0n) is 12.8. The van der Waals surface area contributed by atoms with Gasteiger partial charge in [-0.05, 0) is 50.6 Å². The van der Waals surface area contributed by atoms with Crippen LogP contribution in [0.25, 0.3) is 0 Å². The molecule has 1 atom stereocenters. The summed E-state index contributed by atoms with van der Waals surface area (Å²) < 4.78 is 5.61. The molecule has 0 aliphatic heterocycles. The van der Waals surface area contributed by atoms with Crippen LogP contribution in [0.3, 0.4) is 0 Å². The summed E-state index contributed by atoms with van der Waals surface area (Å²) in [5.74, 6) is 1.74. The second kappa shape index (κ2) is 6.97. The minimum Gasteiger partial charge on any atom is -0.464 e. The number of anilines is 1. The van der Waals surface area contributed by atoms with Crippen molar-refractivity contribution in [3.8, 4) is 0 Å². The number of carbonyl (C=O) groups excluding carboxylic acids is 1. The minimum atomic E-state index is -0.0398. The summed E-state index contributed by atoms with van der Waals surface area (Å²) in [4.78, 5) is 12.0. The molecule has 2 rings (SSSR count). The molecule has 4 nitrogen and oxygen atoms in total. The van der Waals surface area contributed by atoms with Crippen molar-refractivity contribution in [2.75, 3.05) is 11.9 Å². The average molecular weight is 286 g/mol. The Hall–Kier alpha value is -2.23. The quantitative estimate of drug-likeness (QED) is 0.846. The van der Waals surface area contributed by atoms with E-state index in [1.54, 1.807) is 0 Å². The van der Waals surface area contributed by atoms with Crippen LogP contribution < -0.4 is 10.6 Å². The Morgan fingerprint density at radius 3 is 2.76 bits per heavy atom. The molecule has 1 amide bonds. The van der Waals surface area contributed by atoms with Crippen LogP contribution in [0, 0.1) is 6.92 Å². The third kappa shape index (κ3) is 4.12. The van der Waals surface area contributed by atoms with Gasteiger partial charge in [0.1, 0.15) is 11.5 Å². The zero-order valence-corrected chi connectivity index (χ0v) is 12.8. The number of amides is 1. The Kier molecular flexibility index (Phi) is 5.04. The maximum atomic E-state index is 12.0. The Balaban J connectivity index is 2.05. The highest BCUT2D eigenvalue weighted by Crippen LogP contribution is 2.21. The highest BCUT2D eigenvalue weighted by molar-refractivity contribution is 5.95. The van der Waals surface area contributed by atoms with Gasteiger partial charge in [-0.2, -0.15) is 0 Å². The second-order valence-electron chi connectivity index (χ2n) is 5.15. The van der Waals surface area contributed by atoms with Crippen molar-refractivity contribution in [3.63, 3.8) is 0 Å². The lowest BCUT2D eigenvalue weighted by Gasteiger charge is -2.14. The predicted octanol–water partition coefficient (Wildman–Crippen LogP) is 3.90. The summed E-state index contributed by atoms with van der Waals surface area (Å²) in [5, 5.41) is 6.23. The van der Waals surface area contributed by atoms with Crippen molar-refractivity contribution in [1.82, 2.24) is 5.32 Å². The van der Waals surface area contributed by atoms with Crippen molar-refractivity contribution in [2.45, 2.75) is 33.2 Å². The Morgan fingerprint density at radius 2 is 2.10 bits per heavy atom. The van der Waals surface area contributed by atoms with Gasteiger partial charge in [-0.15, -0.1) is 0 Å². The average Bonchev–Trinajstić information content (AvgIpc) is 2.91. The van der Waals surface area contributed by atoms with E-state index >= 15 is 0 Å². The molecular weight excluding hydrogens is 264 g/mol. The van der Waals surface area contributed by atoms with Gasteiger partial charge in [-0.3, -0.25) is 4.79 Å². The maximum absolute atomic E-state index is 12.0. The topological polar surface area (TPSA) is 54.3 Å². The summed E-state index contributed by atoms with van der Waals surface area (Å²) in [6, 6.07) is 11.5. The van der Waals surface area contributed by atoms with E-state index in [0.717, 1.165) is 23.6 Å². The first-order valence-corrected chi connectivity index (χ1v) is 7.31. The van der Waals surface area contributed by atoms with Crippen molar-refractivity contribution < 1.29 is 9.21 Å². The minimum absolute atomic E-state index is 0.0398. The first-order valence-electron chi connectivity index (χ1n) is 7.31. The van der Waals surface area contributed by atoms with Gasteiger partial charge in [0.25, 0.3) is 5.91 Å². The van der Waals surface area contributed by atoms with Gasteiger partial charge in [-0.25, -0.2) is 0 Å². The summed E-state index contributed by atoms with van der Waals surface area (Å²) >= 11 is 0. The van der Waals surface area contributed by atoms with Gasteiger partial charge in [0.2, 0.25) is 0 Å². The number of hydrogen-bond donors (Lipinski definition) is 2. The lowest BCUT2D eigenvalue weighted by molar-refractivity contribution is 0.0953. The van der Waals surface area contributed by atoms with Gasteiger partial charge >= 0.3 is 0 Å². The van der Waals surface area contributed by atoms with Gasteiger partial charge in [0, 0.05) is 17.8 Å².